The maximum Gasteiger partial charge on any atom is 0.407 e. The minimum Gasteiger partial charge on any atom is -0.453 e. The minimum absolute atomic E-state index is 0.0288. The fraction of sp³-hybridized carbons (Fsp3) is 0.500. The first kappa shape index (κ1) is 40.4. The van der Waals surface area contributed by atoms with Gasteiger partial charge < -0.3 is 39.9 Å². The summed E-state index contributed by atoms with van der Waals surface area (Å²) >= 11 is 0. The predicted octanol–water partition coefficient (Wildman–Crippen LogP) is 6.61. The summed E-state index contributed by atoms with van der Waals surface area (Å²) in [6.45, 7) is 8.01. The number of imidazole rings is 2. The average Bonchev–Trinajstić information content (AvgIpc) is 3.72. The van der Waals surface area contributed by atoms with E-state index in [9.17, 15) is 19.2 Å². The highest BCUT2D eigenvalue weighted by atomic mass is 16.5. The zero-order valence-electron chi connectivity index (χ0n) is 34.0. The molecule has 7 rings (SSSR count). The van der Waals surface area contributed by atoms with Crippen LogP contribution in [0.5, 0.6) is 0 Å². The maximum absolute atomic E-state index is 13.8. The van der Waals surface area contributed by atoms with E-state index in [0.29, 0.717) is 38.2 Å². The summed E-state index contributed by atoms with van der Waals surface area (Å²) in [5.41, 5.74) is 5.53. The highest BCUT2D eigenvalue weighted by Crippen LogP contribution is 2.58. The molecule has 1 spiro atoms. The summed E-state index contributed by atoms with van der Waals surface area (Å²) in [5.74, 6) is 8.41. The molecule has 2 aromatic heterocycles. The molecule has 0 bridgehead atoms. The van der Waals surface area contributed by atoms with Crippen LogP contribution in [-0.2, 0) is 19.1 Å². The number of benzene rings is 2. The van der Waals surface area contributed by atoms with Crippen molar-refractivity contribution in [1.82, 2.24) is 40.4 Å². The number of aromatic nitrogens is 4. The Hall–Kier alpha value is -5.84. The highest BCUT2D eigenvalue weighted by molar-refractivity contribution is 5.86. The van der Waals surface area contributed by atoms with Crippen LogP contribution in [0.25, 0.3) is 22.3 Å². The summed E-state index contributed by atoms with van der Waals surface area (Å²) in [6.07, 6.45) is 7.05. The molecule has 4 atom stereocenters. The van der Waals surface area contributed by atoms with E-state index in [0.717, 1.165) is 65.0 Å². The number of amides is 4. The van der Waals surface area contributed by atoms with E-state index in [1.807, 2.05) is 49.4 Å². The topological polar surface area (TPSA) is 175 Å². The number of fused-ring (bicyclic) bond motifs is 1. The summed E-state index contributed by atoms with van der Waals surface area (Å²) in [4.78, 5) is 71.3. The van der Waals surface area contributed by atoms with Gasteiger partial charge in [-0.1, -0.05) is 44.7 Å². The number of unbranched alkanes of at least 4 members (excludes halogenated alkanes) is 1. The third-order valence-electron chi connectivity index (χ3n) is 12.1. The van der Waals surface area contributed by atoms with Gasteiger partial charge in [0.25, 0.3) is 0 Å². The molecule has 4 amide bonds. The number of hydrogen-bond donors (Lipinski definition) is 4. The Balaban J connectivity index is 0.991. The lowest BCUT2D eigenvalue weighted by Gasteiger charge is -2.28. The van der Waals surface area contributed by atoms with E-state index >= 15 is 0 Å². The van der Waals surface area contributed by atoms with Crippen LogP contribution in [0.15, 0.2) is 48.7 Å². The number of carbonyl (C=O) groups excluding carboxylic acids is 4. The fourth-order valence-corrected chi connectivity index (χ4v) is 8.12. The van der Waals surface area contributed by atoms with Gasteiger partial charge in [-0.15, -0.1) is 0 Å². The van der Waals surface area contributed by atoms with E-state index in [-0.39, 0.29) is 41.1 Å². The Kier molecular flexibility index (Phi) is 12.1. The van der Waals surface area contributed by atoms with Gasteiger partial charge in [-0.3, -0.25) is 9.59 Å². The first-order chi connectivity index (χ1) is 28.0. The van der Waals surface area contributed by atoms with Crippen molar-refractivity contribution < 1.29 is 28.7 Å². The Morgan fingerprint density at radius 2 is 1.64 bits per heavy atom. The van der Waals surface area contributed by atoms with Crippen LogP contribution in [0.4, 0.5) is 9.59 Å². The van der Waals surface area contributed by atoms with E-state index in [1.165, 1.54) is 27.1 Å². The molecule has 3 fully saturated rings. The molecular weight excluding hydrogens is 737 g/mol. The number of alkyl carbamates (subject to hydrolysis) is 2. The Morgan fingerprint density at radius 3 is 2.36 bits per heavy atom. The van der Waals surface area contributed by atoms with E-state index in [2.05, 4.69) is 60.9 Å². The molecule has 4 aromatic rings. The number of H-pyrrole nitrogens is 2. The molecule has 14 nitrogen and oxygen atoms in total. The molecule has 1 aliphatic carbocycles. The number of nitrogens with one attached hydrogen (secondary N) is 4. The van der Waals surface area contributed by atoms with Crippen molar-refractivity contribution in [3.63, 3.8) is 0 Å². The van der Waals surface area contributed by atoms with Crippen LogP contribution < -0.4 is 10.6 Å². The van der Waals surface area contributed by atoms with Crippen molar-refractivity contribution in [3.05, 3.63) is 71.4 Å². The van der Waals surface area contributed by atoms with Crippen molar-refractivity contribution >= 4 is 35.0 Å². The SMILES string of the molecule is COC(=O)NCCCC[C@H](NC(=O)OC)C(=O)N1CCC[C@H]1c1ncc(-c2ccc(C#Cc3ccc4nc([C@@H]5CC6(CC6)CN5C(=O)[C@@H](C)C(C)C)[nH]c4c3)cc2)[nH]1. The van der Waals surface area contributed by atoms with E-state index in [4.69, 9.17) is 9.72 Å². The van der Waals surface area contributed by atoms with Crippen molar-refractivity contribution in [2.75, 3.05) is 33.9 Å². The molecule has 0 radical (unpaired) electrons. The summed E-state index contributed by atoms with van der Waals surface area (Å²) in [6, 6.07) is 12.9. The lowest BCUT2D eigenvalue weighted by Crippen LogP contribution is -2.48. The number of ether oxygens (including phenoxy) is 2. The highest BCUT2D eigenvalue weighted by Gasteiger charge is 2.54. The van der Waals surface area contributed by atoms with Gasteiger partial charge in [0.1, 0.15) is 17.7 Å². The Morgan fingerprint density at radius 1 is 0.897 bits per heavy atom. The van der Waals surface area contributed by atoms with Gasteiger partial charge in [0.15, 0.2) is 0 Å². The quantitative estimate of drug-likeness (QED) is 0.0916. The number of likely N-dealkylation sites (tertiary alicyclic amines) is 2. The molecule has 2 saturated heterocycles. The summed E-state index contributed by atoms with van der Waals surface area (Å²) in [7, 11) is 2.57. The monoisotopic (exact) mass is 790 g/mol. The number of carbonyl (C=O) groups is 4. The molecule has 4 heterocycles. The van der Waals surface area contributed by atoms with Crippen molar-refractivity contribution in [1.29, 1.82) is 0 Å². The van der Waals surface area contributed by atoms with Gasteiger partial charge >= 0.3 is 12.2 Å². The summed E-state index contributed by atoms with van der Waals surface area (Å²) < 4.78 is 9.40. The minimum atomic E-state index is -0.777. The van der Waals surface area contributed by atoms with E-state index in [1.54, 1.807) is 11.1 Å². The molecule has 0 unspecified atom stereocenters. The smallest absolute Gasteiger partial charge is 0.407 e. The summed E-state index contributed by atoms with van der Waals surface area (Å²) in [5, 5.41) is 5.32. The van der Waals surface area contributed by atoms with Crippen LogP contribution in [0, 0.1) is 29.1 Å². The van der Waals surface area contributed by atoms with Gasteiger partial charge in [0.2, 0.25) is 11.8 Å². The van der Waals surface area contributed by atoms with Crippen molar-refractivity contribution in [2.45, 2.75) is 90.3 Å². The van der Waals surface area contributed by atoms with Gasteiger partial charge in [-0.05, 0) is 98.6 Å². The van der Waals surface area contributed by atoms with Crippen LogP contribution in [-0.4, -0.2) is 93.6 Å². The van der Waals surface area contributed by atoms with Gasteiger partial charge in [-0.25, -0.2) is 19.6 Å². The number of hydrogen-bond acceptors (Lipinski definition) is 8. The second-order valence-corrected chi connectivity index (χ2v) is 16.4. The third-order valence-corrected chi connectivity index (χ3v) is 12.1. The maximum atomic E-state index is 13.8. The van der Waals surface area contributed by atoms with Crippen LogP contribution >= 0.6 is 0 Å². The Bertz CT molecular complexity index is 2200. The first-order valence-electron chi connectivity index (χ1n) is 20.4. The van der Waals surface area contributed by atoms with E-state index < -0.39 is 18.2 Å². The normalized spacial score (nSPS) is 19.1. The lowest BCUT2D eigenvalue weighted by atomic mass is 9.96. The molecule has 306 valence electrons. The molecule has 2 aromatic carbocycles. The molecule has 2 aliphatic heterocycles. The number of methoxy groups -OCH3 is 2. The molecule has 3 aliphatic rings. The number of aromatic amines is 2. The third kappa shape index (κ3) is 8.98. The van der Waals surface area contributed by atoms with Crippen molar-refractivity contribution in [2.24, 2.45) is 17.3 Å². The molecule has 4 N–H and O–H groups in total. The fourth-order valence-electron chi connectivity index (χ4n) is 8.12. The van der Waals surface area contributed by atoms with Crippen LogP contribution in [0.1, 0.15) is 107 Å². The van der Waals surface area contributed by atoms with Gasteiger partial charge in [-0.2, -0.15) is 0 Å². The standard InChI is InChI=1S/C44H54N8O6/c1-27(2)28(3)40(53)52-26-44(19-20-44)24-37(52)39-47-32-18-15-30(23-34(32)48-39)12-11-29-13-16-31(17-14-29)35-25-46-38(49-35)36-10-8-22-51(36)41(54)33(50-43(56)58-5)9-6-7-21-45-42(55)57-4/h13-18,23,25,27-28,33,36-37H,6-10,19-22,24,26H2,1-5H3,(H,45,55)(H,46,49)(H,47,48)(H,50,56)/t28-,33-,36-,37-/m0/s1. The van der Waals surface area contributed by atoms with Crippen LogP contribution in [0.2, 0.25) is 0 Å². The predicted molar refractivity (Wildman–Crippen MR) is 218 cm³/mol. The zero-order valence-corrected chi connectivity index (χ0v) is 34.0. The second kappa shape index (κ2) is 17.3. The zero-order chi connectivity index (χ0) is 41.0. The molecule has 58 heavy (non-hydrogen) atoms. The molecule has 14 heteroatoms. The molecular formula is C44H54N8O6. The average molecular weight is 791 g/mol. The second-order valence-electron chi connectivity index (χ2n) is 16.4. The number of rotatable bonds is 12. The largest absolute Gasteiger partial charge is 0.453 e. The van der Waals surface area contributed by atoms with Crippen LogP contribution in [0.3, 0.4) is 0 Å². The van der Waals surface area contributed by atoms with Crippen molar-refractivity contribution in [3.8, 4) is 23.1 Å². The first-order valence-corrected chi connectivity index (χ1v) is 20.4. The Labute approximate surface area is 339 Å². The number of nitrogens with zero attached hydrogens (tertiary/aromatic N) is 4. The van der Waals surface area contributed by atoms with Gasteiger partial charge in [0.05, 0.1) is 49.2 Å². The lowest BCUT2D eigenvalue weighted by molar-refractivity contribution is -0.137. The van der Waals surface area contributed by atoms with Gasteiger partial charge in [0, 0.05) is 36.7 Å². The molecule has 1 saturated carbocycles.